The number of ether oxygens (including phenoxy) is 2. The zero-order valence-corrected chi connectivity index (χ0v) is 9.65. The van der Waals surface area contributed by atoms with Gasteiger partial charge in [0, 0.05) is 20.2 Å². The highest BCUT2D eigenvalue weighted by molar-refractivity contribution is 7.84. The Labute approximate surface area is 93.6 Å². The van der Waals surface area contributed by atoms with E-state index in [0.717, 1.165) is 4.31 Å². The van der Waals surface area contributed by atoms with E-state index in [9.17, 15) is 8.42 Å². The van der Waals surface area contributed by atoms with Crippen molar-refractivity contribution in [2.45, 2.75) is 0 Å². The van der Waals surface area contributed by atoms with Crippen molar-refractivity contribution in [3.05, 3.63) is 18.2 Å². The maximum Gasteiger partial charge on any atom is 0.384 e. The van der Waals surface area contributed by atoms with Crippen molar-refractivity contribution in [2.75, 3.05) is 20.9 Å². The SMILES string of the molecule is CN(C)S(=O)(=O)Oc1ccc2c(c1)OCO2. The van der Waals surface area contributed by atoms with Crippen LogP contribution in [0.2, 0.25) is 0 Å². The van der Waals surface area contributed by atoms with E-state index in [1.54, 1.807) is 6.07 Å². The maximum absolute atomic E-state index is 11.4. The maximum atomic E-state index is 11.4. The Balaban J connectivity index is 2.24. The van der Waals surface area contributed by atoms with Gasteiger partial charge in [0.1, 0.15) is 5.75 Å². The van der Waals surface area contributed by atoms with Gasteiger partial charge in [-0.3, -0.25) is 0 Å². The van der Waals surface area contributed by atoms with E-state index in [0.29, 0.717) is 11.5 Å². The highest BCUT2D eigenvalue weighted by Gasteiger charge is 2.19. The van der Waals surface area contributed by atoms with E-state index in [1.165, 1.54) is 26.2 Å². The summed E-state index contributed by atoms with van der Waals surface area (Å²) in [6.07, 6.45) is 0. The van der Waals surface area contributed by atoms with Gasteiger partial charge in [-0.15, -0.1) is 0 Å². The molecule has 0 spiro atoms. The van der Waals surface area contributed by atoms with E-state index in [-0.39, 0.29) is 12.5 Å². The number of fused-ring (bicyclic) bond motifs is 1. The van der Waals surface area contributed by atoms with Gasteiger partial charge < -0.3 is 13.7 Å². The second kappa shape index (κ2) is 3.84. The molecule has 0 N–H and O–H groups in total. The van der Waals surface area contributed by atoms with E-state index in [4.69, 9.17) is 13.7 Å². The Morgan fingerprint density at radius 3 is 2.62 bits per heavy atom. The van der Waals surface area contributed by atoms with Crippen LogP contribution in [0.3, 0.4) is 0 Å². The van der Waals surface area contributed by atoms with Crippen LogP contribution in [0.15, 0.2) is 18.2 Å². The standard InChI is InChI=1S/C9H11NO5S/c1-10(2)16(11,12)15-7-3-4-8-9(5-7)14-6-13-8/h3-5H,6H2,1-2H3. The summed E-state index contributed by atoms with van der Waals surface area (Å²) >= 11 is 0. The first-order valence-electron chi connectivity index (χ1n) is 4.50. The number of benzene rings is 1. The molecule has 88 valence electrons. The summed E-state index contributed by atoms with van der Waals surface area (Å²) in [7, 11) is -0.949. The Hall–Kier alpha value is -1.47. The van der Waals surface area contributed by atoms with Crippen LogP contribution in [0.25, 0.3) is 0 Å². The lowest BCUT2D eigenvalue weighted by atomic mass is 10.3. The minimum Gasteiger partial charge on any atom is -0.454 e. The van der Waals surface area contributed by atoms with Crippen LogP contribution in [0.1, 0.15) is 0 Å². The highest BCUT2D eigenvalue weighted by atomic mass is 32.2. The fourth-order valence-corrected chi connectivity index (χ4v) is 1.62. The molecule has 2 rings (SSSR count). The van der Waals surface area contributed by atoms with E-state index < -0.39 is 10.3 Å². The molecule has 0 aromatic heterocycles. The van der Waals surface area contributed by atoms with Crippen molar-refractivity contribution in [3.63, 3.8) is 0 Å². The van der Waals surface area contributed by atoms with Crippen molar-refractivity contribution < 1.29 is 22.1 Å². The van der Waals surface area contributed by atoms with Crippen LogP contribution in [0.4, 0.5) is 0 Å². The molecule has 0 atom stereocenters. The Bertz CT molecular complexity index is 497. The van der Waals surface area contributed by atoms with Gasteiger partial charge in [-0.25, -0.2) is 0 Å². The molecular weight excluding hydrogens is 234 g/mol. The molecule has 1 aliphatic rings. The third-order valence-corrected chi connectivity index (χ3v) is 3.29. The molecule has 16 heavy (non-hydrogen) atoms. The molecule has 0 amide bonds. The van der Waals surface area contributed by atoms with Crippen LogP contribution >= 0.6 is 0 Å². The van der Waals surface area contributed by atoms with E-state index >= 15 is 0 Å². The molecule has 0 saturated carbocycles. The largest absolute Gasteiger partial charge is 0.454 e. The molecule has 0 unspecified atom stereocenters. The quantitative estimate of drug-likeness (QED) is 0.780. The summed E-state index contributed by atoms with van der Waals surface area (Å²) in [6.45, 7) is 0.138. The number of hydrogen-bond donors (Lipinski definition) is 0. The molecule has 7 heteroatoms. The summed E-state index contributed by atoms with van der Waals surface area (Å²) in [5.74, 6) is 1.25. The van der Waals surface area contributed by atoms with Crippen LogP contribution in [0, 0.1) is 0 Å². The first-order valence-corrected chi connectivity index (χ1v) is 5.87. The molecule has 0 radical (unpaired) electrons. The second-order valence-corrected chi connectivity index (χ2v) is 5.09. The molecule has 0 bridgehead atoms. The van der Waals surface area contributed by atoms with E-state index in [1.807, 2.05) is 0 Å². The zero-order valence-electron chi connectivity index (χ0n) is 8.84. The first kappa shape index (κ1) is 11.0. The van der Waals surface area contributed by atoms with Crippen LogP contribution in [0.5, 0.6) is 17.2 Å². The van der Waals surface area contributed by atoms with Gasteiger partial charge in [0.2, 0.25) is 6.79 Å². The first-order chi connectivity index (χ1) is 7.49. The predicted octanol–water partition coefficient (Wildman–Crippen LogP) is 0.601. The van der Waals surface area contributed by atoms with Crippen LogP contribution in [-0.2, 0) is 10.3 Å². The normalized spacial score (nSPS) is 14.2. The Morgan fingerprint density at radius 2 is 1.94 bits per heavy atom. The van der Waals surface area contributed by atoms with Gasteiger partial charge in [0.15, 0.2) is 11.5 Å². The van der Waals surface area contributed by atoms with Gasteiger partial charge in [-0.2, -0.15) is 12.7 Å². The van der Waals surface area contributed by atoms with Gasteiger partial charge in [0.05, 0.1) is 0 Å². The summed E-state index contributed by atoms with van der Waals surface area (Å²) < 4.78 is 38.9. The molecular formula is C9H11NO5S. The van der Waals surface area contributed by atoms with Gasteiger partial charge >= 0.3 is 10.3 Å². The van der Waals surface area contributed by atoms with Gasteiger partial charge in [0.25, 0.3) is 0 Å². The molecule has 0 fully saturated rings. The average molecular weight is 245 g/mol. The van der Waals surface area contributed by atoms with Crippen LogP contribution in [-0.4, -0.2) is 33.6 Å². The Morgan fingerprint density at radius 1 is 1.25 bits per heavy atom. The summed E-state index contributed by atoms with van der Waals surface area (Å²) in [6, 6.07) is 4.58. The van der Waals surface area contributed by atoms with Crippen molar-refractivity contribution >= 4 is 10.3 Å². The number of hydrogen-bond acceptors (Lipinski definition) is 5. The fourth-order valence-electron chi connectivity index (χ4n) is 1.12. The number of nitrogens with zero attached hydrogens (tertiary/aromatic N) is 1. The molecule has 1 aromatic carbocycles. The second-order valence-electron chi connectivity index (χ2n) is 3.34. The van der Waals surface area contributed by atoms with Crippen LogP contribution < -0.4 is 13.7 Å². The molecule has 0 aliphatic carbocycles. The predicted molar refractivity (Wildman–Crippen MR) is 55.8 cm³/mol. The van der Waals surface area contributed by atoms with E-state index in [2.05, 4.69) is 0 Å². The minimum atomic E-state index is -3.73. The third-order valence-electron chi connectivity index (χ3n) is 1.99. The number of rotatable bonds is 3. The third kappa shape index (κ3) is 2.05. The monoisotopic (exact) mass is 245 g/mol. The molecule has 0 saturated heterocycles. The highest BCUT2D eigenvalue weighted by Crippen LogP contribution is 2.35. The smallest absolute Gasteiger partial charge is 0.384 e. The lowest BCUT2D eigenvalue weighted by Gasteiger charge is -2.11. The van der Waals surface area contributed by atoms with Gasteiger partial charge in [-0.05, 0) is 12.1 Å². The zero-order chi connectivity index (χ0) is 11.8. The van der Waals surface area contributed by atoms with Gasteiger partial charge in [-0.1, -0.05) is 0 Å². The molecule has 1 aliphatic heterocycles. The minimum absolute atomic E-state index is 0.138. The van der Waals surface area contributed by atoms with Crippen molar-refractivity contribution in [1.82, 2.24) is 4.31 Å². The average Bonchev–Trinajstić information content (AvgIpc) is 2.63. The summed E-state index contributed by atoms with van der Waals surface area (Å²) in [5.41, 5.74) is 0. The van der Waals surface area contributed by atoms with Crippen molar-refractivity contribution in [1.29, 1.82) is 0 Å². The lowest BCUT2D eigenvalue weighted by Crippen LogP contribution is -2.26. The molecule has 1 heterocycles. The summed E-state index contributed by atoms with van der Waals surface area (Å²) in [5, 5.41) is 0. The molecule has 6 nitrogen and oxygen atoms in total. The topological polar surface area (TPSA) is 65.1 Å². The fraction of sp³-hybridized carbons (Fsp3) is 0.333. The van der Waals surface area contributed by atoms with Crippen molar-refractivity contribution in [2.24, 2.45) is 0 Å². The molecule has 1 aromatic rings. The summed E-state index contributed by atoms with van der Waals surface area (Å²) in [4.78, 5) is 0. The Kier molecular flexibility index (Phi) is 2.64. The lowest BCUT2D eigenvalue weighted by molar-refractivity contribution is 0.174. The van der Waals surface area contributed by atoms with Crippen molar-refractivity contribution in [3.8, 4) is 17.2 Å².